The van der Waals surface area contributed by atoms with Crippen molar-refractivity contribution < 1.29 is 9.53 Å². The van der Waals surface area contributed by atoms with Crippen molar-refractivity contribution in [3.8, 4) is 5.75 Å². The number of hydrogen-bond acceptors (Lipinski definition) is 2. The minimum absolute atomic E-state index is 0.117. The van der Waals surface area contributed by atoms with E-state index in [1.807, 2.05) is 24.0 Å². The Labute approximate surface area is 139 Å². The Bertz CT molecular complexity index is 588. The lowest BCUT2D eigenvalue weighted by Crippen LogP contribution is -2.47. The molecule has 2 fully saturated rings. The molecule has 3 aliphatic rings. The topological polar surface area (TPSA) is 29.5 Å². The number of nitrogens with zero attached hydrogens (tertiary/aromatic N) is 1. The van der Waals surface area contributed by atoms with Crippen molar-refractivity contribution in [1.82, 2.24) is 0 Å². The monoisotopic (exact) mass is 397 g/mol. The van der Waals surface area contributed by atoms with E-state index in [2.05, 4.69) is 28.7 Å². The summed E-state index contributed by atoms with van der Waals surface area (Å²) in [5.74, 6) is 3.42. The van der Waals surface area contributed by atoms with E-state index in [9.17, 15) is 4.79 Å². The zero-order valence-corrected chi connectivity index (χ0v) is 14.4. The van der Waals surface area contributed by atoms with Gasteiger partial charge in [0.05, 0.1) is 5.69 Å². The molecule has 2 bridgehead atoms. The van der Waals surface area contributed by atoms with E-state index in [-0.39, 0.29) is 12.0 Å². The summed E-state index contributed by atoms with van der Waals surface area (Å²) in [6.45, 7) is 2.74. The zero-order chi connectivity index (χ0) is 14.6. The van der Waals surface area contributed by atoms with Crippen LogP contribution in [0, 0.1) is 21.3 Å². The Kier molecular flexibility index (Phi) is 3.39. The van der Waals surface area contributed by atoms with Crippen LogP contribution in [0.3, 0.4) is 0 Å². The number of anilines is 1. The third-order valence-electron chi connectivity index (χ3n) is 5.43. The quantitative estimate of drug-likeness (QED) is 0.710. The highest BCUT2D eigenvalue weighted by atomic mass is 127. The van der Waals surface area contributed by atoms with Gasteiger partial charge in [0, 0.05) is 10.1 Å². The zero-order valence-electron chi connectivity index (χ0n) is 12.2. The first kappa shape index (κ1) is 13.9. The molecular weight excluding hydrogens is 377 g/mol. The fraction of sp³-hybridized carbons (Fsp3) is 0.588. The van der Waals surface area contributed by atoms with E-state index in [0.29, 0.717) is 5.92 Å². The maximum absolute atomic E-state index is 12.6. The largest absolute Gasteiger partial charge is 0.479 e. The Morgan fingerprint density at radius 1 is 1.33 bits per heavy atom. The van der Waals surface area contributed by atoms with Gasteiger partial charge in [0.15, 0.2) is 6.10 Å². The summed E-state index contributed by atoms with van der Waals surface area (Å²) in [6, 6.07) is 6.13. The summed E-state index contributed by atoms with van der Waals surface area (Å²) in [6.07, 6.45) is 5.10. The third-order valence-corrected chi connectivity index (χ3v) is 6.10. The van der Waals surface area contributed by atoms with Crippen LogP contribution in [0.4, 0.5) is 5.69 Å². The standard InChI is InChI=1S/C17H20INO2/c1-10-17(20)19(9-13-7-11-2-3-12(13)6-11)15-5-4-14(18)8-16(15)21-10/h4-5,8,10-13H,2-3,6-7,9H2,1H3. The van der Waals surface area contributed by atoms with Crippen LogP contribution in [0.1, 0.15) is 32.6 Å². The van der Waals surface area contributed by atoms with Gasteiger partial charge < -0.3 is 9.64 Å². The highest BCUT2D eigenvalue weighted by molar-refractivity contribution is 14.1. The number of fused-ring (bicyclic) bond motifs is 3. The summed E-state index contributed by atoms with van der Waals surface area (Å²) in [5, 5.41) is 0. The van der Waals surface area contributed by atoms with Crippen molar-refractivity contribution in [2.45, 2.75) is 38.7 Å². The van der Waals surface area contributed by atoms with E-state index in [0.717, 1.165) is 33.4 Å². The molecule has 1 heterocycles. The number of ether oxygens (including phenoxy) is 1. The Balaban J connectivity index is 1.63. The average molecular weight is 397 g/mol. The molecule has 0 saturated heterocycles. The van der Waals surface area contributed by atoms with Gasteiger partial charge >= 0.3 is 0 Å². The van der Waals surface area contributed by atoms with Gasteiger partial charge in [-0.05, 0) is 84.7 Å². The van der Waals surface area contributed by atoms with E-state index in [1.54, 1.807) is 0 Å². The minimum Gasteiger partial charge on any atom is -0.479 e. The van der Waals surface area contributed by atoms with Crippen LogP contribution >= 0.6 is 22.6 Å². The summed E-state index contributed by atoms with van der Waals surface area (Å²) in [4.78, 5) is 14.6. The molecule has 2 saturated carbocycles. The molecule has 1 aromatic rings. The van der Waals surface area contributed by atoms with E-state index in [1.165, 1.54) is 25.7 Å². The molecule has 0 radical (unpaired) electrons. The van der Waals surface area contributed by atoms with Crippen LogP contribution in [0.15, 0.2) is 18.2 Å². The van der Waals surface area contributed by atoms with Crippen LogP contribution in [0.25, 0.3) is 0 Å². The van der Waals surface area contributed by atoms with Gasteiger partial charge in [-0.1, -0.05) is 6.42 Å². The predicted molar refractivity (Wildman–Crippen MR) is 90.5 cm³/mol. The van der Waals surface area contributed by atoms with Crippen LogP contribution in [-0.2, 0) is 4.79 Å². The Morgan fingerprint density at radius 3 is 2.90 bits per heavy atom. The first-order valence-electron chi connectivity index (χ1n) is 7.89. The molecular formula is C17H20INO2. The fourth-order valence-corrected chi connectivity index (χ4v) is 4.87. The fourth-order valence-electron chi connectivity index (χ4n) is 4.41. The Hall–Kier alpha value is -0.780. The van der Waals surface area contributed by atoms with Gasteiger partial charge in [-0.3, -0.25) is 4.79 Å². The second kappa shape index (κ2) is 5.14. The predicted octanol–water partition coefficient (Wildman–Crippen LogP) is 3.84. The molecule has 112 valence electrons. The number of halogens is 1. The molecule has 0 spiro atoms. The van der Waals surface area contributed by atoms with E-state index < -0.39 is 0 Å². The lowest BCUT2D eigenvalue weighted by molar-refractivity contribution is -0.125. The number of amides is 1. The molecule has 0 N–H and O–H groups in total. The van der Waals surface area contributed by atoms with Crippen molar-refractivity contribution in [1.29, 1.82) is 0 Å². The summed E-state index contributed by atoms with van der Waals surface area (Å²) >= 11 is 2.29. The molecule has 4 atom stereocenters. The molecule has 1 aromatic carbocycles. The van der Waals surface area contributed by atoms with Crippen LogP contribution in [0.5, 0.6) is 5.75 Å². The first-order valence-corrected chi connectivity index (χ1v) is 8.97. The number of carbonyl (C=O) groups is 1. The number of carbonyl (C=O) groups excluding carboxylic acids is 1. The maximum atomic E-state index is 12.6. The molecule has 21 heavy (non-hydrogen) atoms. The van der Waals surface area contributed by atoms with Crippen LogP contribution < -0.4 is 9.64 Å². The second-order valence-corrected chi connectivity index (χ2v) is 8.00. The second-order valence-electron chi connectivity index (χ2n) is 6.76. The lowest BCUT2D eigenvalue weighted by atomic mass is 9.88. The molecule has 4 unspecified atom stereocenters. The van der Waals surface area contributed by atoms with Crippen molar-refractivity contribution in [3.05, 3.63) is 21.8 Å². The minimum atomic E-state index is -0.366. The highest BCUT2D eigenvalue weighted by Crippen LogP contribution is 2.49. The summed E-state index contributed by atoms with van der Waals surface area (Å²) in [5.41, 5.74) is 0.960. The molecule has 1 aliphatic heterocycles. The van der Waals surface area contributed by atoms with Crippen molar-refractivity contribution in [3.63, 3.8) is 0 Å². The Morgan fingerprint density at radius 2 is 2.19 bits per heavy atom. The van der Waals surface area contributed by atoms with Gasteiger partial charge in [0.25, 0.3) is 5.91 Å². The molecule has 1 amide bonds. The molecule has 0 aromatic heterocycles. The van der Waals surface area contributed by atoms with Gasteiger partial charge in [-0.15, -0.1) is 0 Å². The maximum Gasteiger partial charge on any atom is 0.267 e. The molecule has 2 aliphatic carbocycles. The SMILES string of the molecule is CC1Oc2cc(I)ccc2N(CC2CC3CCC2C3)C1=O. The third kappa shape index (κ3) is 2.35. The molecule has 4 rings (SSSR count). The number of rotatable bonds is 2. The van der Waals surface area contributed by atoms with Gasteiger partial charge in [-0.25, -0.2) is 0 Å². The number of benzene rings is 1. The summed E-state index contributed by atoms with van der Waals surface area (Å²) < 4.78 is 6.93. The van der Waals surface area contributed by atoms with Crippen molar-refractivity contribution >= 4 is 34.2 Å². The summed E-state index contributed by atoms with van der Waals surface area (Å²) in [7, 11) is 0. The van der Waals surface area contributed by atoms with Gasteiger partial charge in [0.2, 0.25) is 0 Å². The molecule has 3 nitrogen and oxygen atoms in total. The van der Waals surface area contributed by atoms with Crippen molar-refractivity contribution in [2.24, 2.45) is 17.8 Å². The van der Waals surface area contributed by atoms with Crippen LogP contribution in [-0.4, -0.2) is 18.6 Å². The average Bonchev–Trinajstić information content (AvgIpc) is 3.06. The van der Waals surface area contributed by atoms with Gasteiger partial charge in [-0.2, -0.15) is 0 Å². The normalized spacial score (nSPS) is 34.0. The van der Waals surface area contributed by atoms with Gasteiger partial charge in [0.1, 0.15) is 5.75 Å². The first-order chi connectivity index (χ1) is 10.1. The smallest absolute Gasteiger partial charge is 0.267 e. The van der Waals surface area contributed by atoms with Crippen LogP contribution in [0.2, 0.25) is 0 Å². The van der Waals surface area contributed by atoms with E-state index >= 15 is 0 Å². The molecule has 4 heteroatoms. The highest BCUT2D eigenvalue weighted by Gasteiger charge is 2.42. The number of hydrogen-bond donors (Lipinski definition) is 0. The van der Waals surface area contributed by atoms with E-state index in [4.69, 9.17) is 4.74 Å². The van der Waals surface area contributed by atoms with Crippen molar-refractivity contribution in [2.75, 3.05) is 11.4 Å². The lowest BCUT2D eigenvalue weighted by Gasteiger charge is -2.36.